The molecule has 29 heavy (non-hydrogen) atoms. The molecule has 0 radical (unpaired) electrons. The number of pyridine rings is 1. The molecule has 0 amide bonds. The van der Waals surface area contributed by atoms with E-state index in [0.717, 1.165) is 29.4 Å². The van der Waals surface area contributed by atoms with Crippen molar-refractivity contribution in [2.45, 2.75) is 39.3 Å². The Kier molecular flexibility index (Phi) is 6.37. The molecule has 4 rings (SSSR count). The van der Waals surface area contributed by atoms with Crippen molar-refractivity contribution in [1.82, 2.24) is 25.0 Å². The lowest BCUT2D eigenvalue weighted by molar-refractivity contribution is 0.179. The summed E-state index contributed by atoms with van der Waals surface area (Å²) in [6.07, 6.45) is 8.27. The maximum absolute atomic E-state index is 4.89. The van der Waals surface area contributed by atoms with Gasteiger partial charge in [0.15, 0.2) is 0 Å². The summed E-state index contributed by atoms with van der Waals surface area (Å²) < 4.78 is 1.98. The molecule has 2 aromatic heterocycles. The largest absolute Gasteiger partial charge is 0.310 e. The average Bonchev–Trinajstić information content (AvgIpc) is 3.18. The van der Waals surface area contributed by atoms with Crippen LogP contribution in [0.1, 0.15) is 32.3 Å². The Morgan fingerprint density at radius 2 is 1.86 bits per heavy atom. The topological polar surface area (TPSA) is 46.0 Å². The summed E-state index contributed by atoms with van der Waals surface area (Å²) in [7, 11) is 0. The first-order valence-corrected chi connectivity index (χ1v) is 10.7. The van der Waals surface area contributed by atoms with Gasteiger partial charge in [0.25, 0.3) is 0 Å². The SMILES string of the molecule is CC(C)CN1CCC(NCc2cn(-c3ccccc3)nc2-c2cccnc2)CC1. The fourth-order valence-electron chi connectivity index (χ4n) is 4.09. The minimum absolute atomic E-state index is 0.570. The molecular weight excluding hydrogens is 358 g/mol. The minimum Gasteiger partial charge on any atom is -0.310 e. The Balaban J connectivity index is 1.47. The van der Waals surface area contributed by atoms with E-state index in [1.54, 1.807) is 6.20 Å². The van der Waals surface area contributed by atoms with Crippen LogP contribution < -0.4 is 5.32 Å². The highest BCUT2D eigenvalue weighted by Crippen LogP contribution is 2.23. The van der Waals surface area contributed by atoms with E-state index in [2.05, 4.69) is 53.4 Å². The Labute approximate surface area is 173 Å². The summed E-state index contributed by atoms with van der Waals surface area (Å²) in [6.45, 7) is 9.01. The molecule has 5 nitrogen and oxygen atoms in total. The van der Waals surface area contributed by atoms with Crippen LogP contribution in [0.25, 0.3) is 16.9 Å². The van der Waals surface area contributed by atoms with Crippen LogP contribution in [0.2, 0.25) is 0 Å². The quantitative estimate of drug-likeness (QED) is 0.660. The molecule has 0 atom stereocenters. The van der Waals surface area contributed by atoms with Crippen molar-refractivity contribution in [3.05, 3.63) is 66.6 Å². The molecule has 1 aliphatic heterocycles. The van der Waals surface area contributed by atoms with Crippen molar-refractivity contribution in [2.75, 3.05) is 19.6 Å². The Morgan fingerprint density at radius 1 is 1.07 bits per heavy atom. The lowest BCUT2D eigenvalue weighted by Gasteiger charge is -2.33. The summed E-state index contributed by atoms with van der Waals surface area (Å²) in [5.41, 5.74) is 4.36. The molecule has 0 bridgehead atoms. The molecular formula is C24H31N5. The lowest BCUT2D eigenvalue weighted by Crippen LogP contribution is -2.43. The molecule has 5 heteroatoms. The number of para-hydroxylation sites is 1. The van der Waals surface area contributed by atoms with Crippen molar-refractivity contribution in [1.29, 1.82) is 0 Å². The van der Waals surface area contributed by atoms with E-state index in [9.17, 15) is 0 Å². The standard InChI is InChI=1S/C24H31N5/c1-19(2)17-28-13-10-22(11-14-28)26-16-21-18-29(23-8-4-3-5-9-23)27-24(21)20-7-6-12-25-15-20/h3-9,12,15,18-19,22,26H,10-11,13-14,16-17H2,1-2H3. The Bertz CT molecular complexity index is 880. The number of hydrogen-bond donors (Lipinski definition) is 1. The third-order valence-electron chi connectivity index (χ3n) is 5.54. The number of aromatic nitrogens is 3. The zero-order valence-corrected chi connectivity index (χ0v) is 17.5. The van der Waals surface area contributed by atoms with Gasteiger partial charge < -0.3 is 10.2 Å². The first-order valence-electron chi connectivity index (χ1n) is 10.7. The fourth-order valence-corrected chi connectivity index (χ4v) is 4.09. The fraction of sp³-hybridized carbons (Fsp3) is 0.417. The molecule has 1 saturated heterocycles. The normalized spacial score (nSPS) is 15.8. The van der Waals surface area contributed by atoms with Gasteiger partial charge in [0.1, 0.15) is 0 Å². The summed E-state index contributed by atoms with van der Waals surface area (Å²) in [4.78, 5) is 6.89. The van der Waals surface area contributed by atoms with E-state index in [1.165, 1.54) is 38.0 Å². The average molecular weight is 390 g/mol. The molecule has 0 saturated carbocycles. The van der Waals surface area contributed by atoms with Crippen LogP contribution in [0.3, 0.4) is 0 Å². The Hall–Kier alpha value is -2.50. The van der Waals surface area contributed by atoms with Gasteiger partial charge in [-0.2, -0.15) is 5.10 Å². The van der Waals surface area contributed by atoms with Gasteiger partial charge in [-0.1, -0.05) is 32.0 Å². The van der Waals surface area contributed by atoms with Gasteiger partial charge in [-0.25, -0.2) is 4.68 Å². The van der Waals surface area contributed by atoms with Crippen molar-refractivity contribution in [2.24, 2.45) is 5.92 Å². The predicted octanol–water partition coefficient (Wildman–Crippen LogP) is 4.14. The number of hydrogen-bond acceptors (Lipinski definition) is 4. The van der Waals surface area contributed by atoms with E-state index in [-0.39, 0.29) is 0 Å². The van der Waals surface area contributed by atoms with Crippen LogP contribution in [-0.2, 0) is 6.54 Å². The van der Waals surface area contributed by atoms with Crippen molar-refractivity contribution in [3.8, 4) is 16.9 Å². The predicted molar refractivity (Wildman–Crippen MR) is 118 cm³/mol. The number of nitrogens with one attached hydrogen (secondary N) is 1. The molecule has 3 heterocycles. The van der Waals surface area contributed by atoms with Crippen LogP contribution in [0, 0.1) is 5.92 Å². The van der Waals surface area contributed by atoms with Gasteiger partial charge in [-0.15, -0.1) is 0 Å². The monoisotopic (exact) mass is 389 g/mol. The van der Waals surface area contributed by atoms with Crippen LogP contribution in [-0.4, -0.2) is 45.3 Å². The second-order valence-corrected chi connectivity index (χ2v) is 8.37. The molecule has 152 valence electrons. The van der Waals surface area contributed by atoms with E-state index >= 15 is 0 Å². The first-order chi connectivity index (χ1) is 14.2. The summed E-state index contributed by atoms with van der Waals surface area (Å²) in [5, 5.41) is 8.67. The maximum Gasteiger partial charge on any atom is 0.0988 e. The Morgan fingerprint density at radius 3 is 2.55 bits per heavy atom. The van der Waals surface area contributed by atoms with Gasteiger partial charge >= 0.3 is 0 Å². The second-order valence-electron chi connectivity index (χ2n) is 8.37. The van der Waals surface area contributed by atoms with Crippen LogP contribution in [0.4, 0.5) is 0 Å². The highest BCUT2D eigenvalue weighted by Gasteiger charge is 2.20. The third kappa shape index (κ3) is 5.11. The van der Waals surface area contributed by atoms with Gasteiger partial charge in [0.2, 0.25) is 0 Å². The van der Waals surface area contributed by atoms with Crippen molar-refractivity contribution >= 4 is 0 Å². The zero-order valence-electron chi connectivity index (χ0n) is 17.5. The van der Waals surface area contributed by atoms with Crippen LogP contribution >= 0.6 is 0 Å². The number of nitrogens with zero attached hydrogens (tertiary/aromatic N) is 4. The van der Waals surface area contributed by atoms with Gasteiger partial charge in [0.05, 0.1) is 11.4 Å². The van der Waals surface area contributed by atoms with E-state index in [0.29, 0.717) is 6.04 Å². The zero-order chi connectivity index (χ0) is 20.1. The summed E-state index contributed by atoms with van der Waals surface area (Å²) in [5.74, 6) is 0.741. The van der Waals surface area contributed by atoms with Crippen LogP contribution in [0.15, 0.2) is 61.1 Å². The minimum atomic E-state index is 0.570. The number of piperidine rings is 1. The highest BCUT2D eigenvalue weighted by atomic mass is 15.3. The van der Waals surface area contributed by atoms with Gasteiger partial charge in [0, 0.05) is 48.8 Å². The second kappa shape index (κ2) is 9.33. The van der Waals surface area contributed by atoms with E-state index < -0.39 is 0 Å². The molecule has 0 aliphatic carbocycles. The van der Waals surface area contributed by atoms with Crippen LogP contribution in [0.5, 0.6) is 0 Å². The number of likely N-dealkylation sites (tertiary alicyclic amines) is 1. The lowest BCUT2D eigenvalue weighted by atomic mass is 10.0. The highest BCUT2D eigenvalue weighted by molar-refractivity contribution is 5.62. The number of benzene rings is 1. The maximum atomic E-state index is 4.89. The molecule has 0 spiro atoms. The molecule has 1 aromatic carbocycles. The third-order valence-corrected chi connectivity index (χ3v) is 5.54. The van der Waals surface area contributed by atoms with Crippen molar-refractivity contribution in [3.63, 3.8) is 0 Å². The van der Waals surface area contributed by atoms with Gasteiger partial charge in [-0.3, -0.25) is 4.98 Å². The molecule has 1 aliphatic rings. The van der Waals surface area contributed by atoms with Gasteiger partial charge in [-0.05, 0) is 56.1 Å². The molecule has 1 fully saturated rings. The van der Waals surface area contributed by atoms with E-state index in [4.69, 9.17) is 5.10 Å². The summed E-state index contributed by atoms with van der Waals surface area (Å²) >= 11 is 0. The molecule has 3 aromatic rings. The molecule has 1 N–H and O–H groups in total. The first kappa shape index (κ1) is 19.8. The number of rotatable bonds is 7. The smallest absolute Gasteiger partial charge is 0.0988 e. The molecule has 0 unspecified atom stereocenters. The summed E-state index contributed by atoms with van der Waals surface area (Å²) in [6, 6.07) is 14.9. The van der Waals surface area contributed by atoms with E-state index in [1.807, 2.05) is 35.1 Å². The van der Waals surface area contributed by atoms with Crippen molar-refractivity contribution < 1.29 is 0 Å².